The maximum Gasteiger partial charge on any atom is 0.110 e. The molecule has 1 rings (SSSR count). The molecule has 2 atom stereocenters. The van der Waals surface area contributed by atoms with E-state index in [4.69, 9.17) is 5.73 Å². The Morgan fingerprint density at radius 1 is 1.73 bits per heavy atom. The monoisotopic (exact) mass is 171 g/mol. The minimum Gasteiger partial charge on any atom is -0.329 e. The number of thioether (sulfide) groups is 1. The van der Waals surface area contributed by atoms with Crippen molar-refractivity contribution in [3.8, 4) is 0 Å². The Hall–Kier alpha value is -0.350. The molecule has 0 aromatic heterocycles. The summed E-state index contributed by atoms with van der Waals surface area (Å²) in [5.41, 5.74) is 5.42. The normalized spacial score (nSPS) is 31.2. The molecule has 1 aliphatic rings. The Morgan fingerprint density at radius 3 is 2.82 bits per heavy atom. The quantitative estimate of drug-likeness (QED) is 0.674. The zero-order valence-electron chi connectivity index (χ0n) is 6.82. The van der Waals surface area contributed by atoms with Gasteiger partial charge in [-0.2, -0.15) is 11.8 Å². The highest BCUT2D eigenvalue weighted by molar-refractivity contribution is 7.99. The van der Waals surface area contributed by atoms with Gasteiger partial charge in [-0.3, -0.25) is 4.99 Å². The molecule has 0 bridgehead atoms. The fraction of sp³-hybridized carbons (Fsp3) is 0.714. The molecule has 1 aliphatic heterocycles. The van der Waals surface area contributed by atoms with E-state index < -0.39 is 0 Å². The highest BCUT2D eigenvalue weighted by atomic mass is 32.2. The number of nitrogens with two attached hydrogens (primary N) is 1. The number of hydrogen-bond donors (Lipinski definition) is 1. The maximum atomic E-state index is 5.59. The summed E-state index contributed by atoms with van der Waals surface area (Å²) in [5.74, 6) is 0. The number of rotatable bonds is 3. The summed E-state index contributed by atoms with van der Waals surface area (Å²) in [6.07, 6.45) is 5.50. The average molecular weight is 171 g/mol. The first-order chi connectivity index (χ1) is 5.23. The van der Waals surface area contributed by atoms with Gasteiger partial charge in [0.05, 0.1) is 0 Å². The fourth-order valence-corrected chi connectivity index (χ4v) is 1.91. The van der Waals surface area contributed by atoms with Crippen molar-refractivity contribution < 1.29 is 0 Å². The van der Waals surface area contributed by atoms with Gasteiger partial charge in [0, 0.05) is 18.0 Å². The molecule has 0 aliphatic carbocycles. The lowest BCUT2D eigenvalue weighted by atomic mass is 10.0. The van der Waals surface area contributed by atoms with Crippen molar-refractivity contribution in [2.45, 2.75) is 17.7 Å². The van der Waals surface area contributed by atoms with Crippen molar-refractivity contribution in [2.24, 2.45) is 15.7 Å². The van der Waals surface area contributed by atoms with Gasteiger partial charge in [-0.25, -0.2) is 4.99 Å². The number of aliphatic imine (C=N–C) groups is 2. The first-order valence-corrected chi connectivity index (χ1v) is 4.82. The van der Waals surface area contributed by atoms with Crippen LogP contribution in [0.25, 0.3) is 0 Å². The van der Waals surface area contributed by atoms with Crippen LogP contribution in [0.2, 0.25) is 0 Å². The average Bonchev–Trinajstić information content (AvgIpc) is 2.39. The third-order valence-corrected chi connectivity index (χ3v) is 3.13. The van der Waals surface area contributed by atoms with Gasteiger partial charge in [-0.1, -0.05) is 0 Å². The van der Waals surface area contributed by atoms with Crippen LogP contribution < -0.4 is 5.73 Å². The van der Waals surface area contributed by atoms with E-state index >= 15 is 0 Å². The van der Waals surface area contributed by atoms with Gasteiger partial charge in [-0.05, 0) is 13.2 Å². The van der Waals surface area contributed by atoms with Crippen molar-refractivity contribution in [1.82, 2.24) is 0 Å². The van der Waals surface area contributed by atoms with Gasteiger partial charge >= 0.3 is 0 Å². The van der Waals surface area contributed by atoms with Crippen molar-refractivity contribution in [3.05, 3.63) is 0 Å². The smallest absolute Gasteiger partial charge is 0.110 e. The zero-order chi connectivity index (χ0) is 8.32. The highest BCUT2D eigenvalue weighted by Crippen LogP contribution is 2.24. The van der Waals surface area contributed by atoms with Crippen LogP contribution >= 0.6 is 11.8 Å². The first kappa shape index (κ1) is 8.74. The summed E-state index contributed by atoms with van der Waals surface area (Å²) < 4.78 is 0. The molecule has 0 saturated heterocycles. The molecule has 0 amide bonds. The van der Waals surface area contributed by atoms with Gasteiger partial charge in [0.1, 0.15) is 11.9 Å². The van der Waals surface area contributed by atoms with Crippen LogP contribution in [0.4, 0.5) is 0 Å². The predicted molar refractivity (Wildman–Crippen MR) is 51.7 cm³/mol. The SMILES string of the molecule is CSC(CN)C1(C)C=NC=N1. The second kappa shape index (κ2) is 3.36. The summed E-state index contributed by atoms with van der Waals surface area (Å²) in [6, 6.07) is 0. The molecular formula is C7H13N3S. The van der Waals surface area contributed by atoms with E-state index in [1.165, 1.54) is 0 Å². The van der Waals surface area contributed by atoms with Gasteiger partial charge < -0.3 is 5.73 Å². The lowest BCUT2D eigenvalue weighted by Crippen LogP contribution is -2.40. The molecular weight excluding hydrogens is 158 g/mol. The minimum absolute atomic E-state index is 0.172. The Labute approximate surface area is 71.2 Å². The van der Waals surface area contributed by atoms with Gasteiger partial charge in [-0.15, -0.1) is 0 Å². The predicted octanol–water partition coefficient (Wildman–Crippen LogP) is 0.548. The second-order valence-corrected chi connectivity index (χ2v) is 3.75. The topological polar surface area (TPSA) is 50.7 Å². The van der Waals surface area contributed by atoms with Gasteiger partial charge in [0.25, 0.3) is 0 Å². The molecule has 0 aromatic carbocycles. The standard InChI is InChI=1S/C7H13N3S/c1-7(4-9-5-10-7)6(3-8)11-2/h4-6H,3,8H2,1-2H3. The summed E-state index contributed by atoms with van der Waals surface area (Å²) in [4.78, 5) is 8.23. The van der Waals surface area contributed by atoms with E-state index in [0.717, 1.165) is 0 Å². The van der Waals surface area contributed by atoms with Crippen molar-refractivity contribution >= 4 is 24.3 Å². The maximum absolute atomic E-state index is 5.59. The third-order valence-electron chi connectivity index (χ3n) is 1.89. The highest BCUT2D eigenvalue weighted by Gasteiger charge is 2.31. The lowest BCUT2D eigenvalue weighted by molar-refractivity contribution is 0.618. The van der Waals surface area contributed by atoms with E-state index in [9.17, 15) is 0 Å². The van der Waals surface area contributed by atoms with Crippen LogP contribution in [0.5, 0.6) is 0 Å². The molecule has 2 unspecified atom stereocenters. The van der Waals surface area contributed by atoms with E-state index in [2.05, 4.69) is 9.98 Å². The zero-order valence-corrected chi connectivity index (χ0v) is 7.64. The Balaban J connectivity index is 2.70. The molecule has 0 aromatic rings. The molecule has 0 spiro atoms. The Kier molecular flexibility index (Phi) is 2.67. The van der Waals surface area contributed by atoms with E-state index in [1.54, 1.807) is 18.1 Å². The van der Waals surface area contributed by atoms with Crippen molar-refractivity contribution in [2.75, 3.05) is 12.8 Å². The van der Waals surface area contributed by atoms with Crippen LogP contribution in [0.3, 0.4) is 0 Å². The first-order valence-electron chi connectivity index (χ1n) is 3.54. The largest absolute Gasteiger partial charge is 0.329 e. The van der Waals surface area contributed by atoms with Crippen molar-refractivity contribution in [3.63, 3.8) is 0 Å². The van der Waals surface area contributed by atoms with Gasteiger partial charge in [0.2, 0.25) is 0 Å². The lowest BCUT2D eigenvalue weighted by Gasteiger charge is -2.25. The summed E-state index contributed by atoms with van der Waals surface area (Å²) in [5, 5.41) is 0.338. The molecule has 1 heterocycles. The van der Waals surface area contributed by atoms with Crippen LogP contribution in [0.1, 0.15) is 6.92 Å². The molecule has 0 radical (unpaired) electrons. The fourth-order valence-electron chi connectivity index (χ4n) is 1.11. The summed E-state index contributed by atoms with van der Waals surface area (Å²) in [6.45, 7) is 2.69. The molecule has 2 N–H and O–H groups in total. The summed E-state index contributed by atoms with van der Waals surface area (Å²) in [7, 11) is 0. The third kappa shape index (κ3) is 1.62. The van der Waals surface area contributed by atoms with E-state index in [1.807, 2.05) is 19.4 Å². The molecule has 3 nitrogen and oxygen atoms in total. The molecule has 62 valence electrons. The van der Waals surface area contributed by atoms with Crippen LogP contribution in [0.15, 0.2) is 9.98 Å². The van der Waals surface area contributed by atoms with Crippen LogP contribution in [-0.2, 0) is 0 Å². The van der Waals surface area contributed by atoms with E-state index in [-0.39, 0.29) is 5.54 Å². The Bertz CT molecular complexity index is 172. The van der Waals surface area contributed by atoms with Crippen LogP contribution in [-0.4, -0.2) is 36.1 Å². The Morgan fingerprint density at radius 2 is 2.45 bits per heavy atom. The number of hydrogen-bond acceptors (Lipinski definition) is 4. The minimum atomic E-state index is -0.172. The van der Waals surface area contributed by atoms with Gasteiger partial charge in [0.15, 0.2) is 0 Å². The second-order valence-electron chi connectivity index (χ2n) is 2.71. The van der Waals surface area contributed by atoms with Crippen LogP contribution in [0, 0.1) is 0 Å². The summed E-state index contributed by atoms with van der Waals surface area (Å²) >= 11 is 1.74. The number of nitrogens with zero attached hydrogens (tertiary/aromatic N) is 2. The van der Waals surface area contributed by atoms with E-state index in [0.29, 0.717) is 11.8 Å². The molecule has 11 heavy (non-hydrogen) atoms. The van der Waals surface area contributed by atoms with Crippen molar-refractivity contribution in [1.29, 1.82) is 0 Å². The molecule has 0 saturated carbocycles. The molecule has 0 fully saturated rings. The molecule has 4 heteroatoms.